The second kappa shape index (κ2) is 3.99. The monoisotopic (exact) mass is 303 g/mol. The average Bonchev–Trinajstić information content (AvgIpc) is 2.22. The van der Waals surface area contributed by atoms with Gasteiger partial charge in [-0.2, -0.15) is 0 Å². The summed E-state index contributed by atoms with van der Waals surface area (Å²) in [4.78, 5) is 14.6. The van der Waals surface area contributed by atoms with Crippen molar-refractivity contribution in [3.05, 3.63) is 39.2 Å². The summed E-state index contributed by atoms with van der Waals surface area (Å²) in [5.74, 6) is -1.74. The van der Waals surface area contributed by atoms with E-state index in [-0.39, 0.29) is 21.6 Å². The number of nitrogens with zero attached hydrogens (tertiary/aromatic N) is 1. The van der Waals surface area contributed by atoms with Crippen LogP contribution in [0.3, 0.4) is 0 Å². The third-order valence-corrected chi connectivity index (χ3v) is 2.97. The van der Waals surface area contributed by atoms with E-state index < -0.39 is 11.8 Å². The summed E-state index contributed by atoms with van der Waals surface area (Å²) in [5, 5.41) is 8.94. The zero-order valence-corrected chi connectivity index (χ0v) is 10.0. The van der Waals surface area contributed by atoms with Crippen molar-refractivity contribution in [2.75, 3.05) is 0 Å². The molecule has 0 aliphatic rings. The van der Waals surface area contributed by atoms with Gasteiger partial charge in [0.05, 0.1) is 15.9 Å². The van der Waals surface area contributed by atoms with Crippen LogP contribution in [0.1, 0.15) is 10.5 Å². The van der Waals surface area contributed by atoms with Gasteiger partial charge in [0.15, 0.2) is 0 Å². The molecule has 16 heavy (non-hydrogen) atoms. The van der Waals surface area contributed by atoms with Gasteiger partial charge in [-0.1, -0.05) is 11.6 Å². The van der Waals surface area contributed by atoms with Gasteiger partial charge in [0.1, 0.15) is 11.5 Å². The van der Waals surface area contributed by atoms with E-state index >= 15 is 0 Å². The summed E-state index contributed by atoms with van der Waals surface area (Å²) in [7, 11) is 0. The molecule has 2 rings (SSSR count). The van der Waals surface area contributed by atoms with Gasteiger partial charge in [-0.05, 0) is 34.1 Å². The number of halogens is 3. The van der Waals surface area contributed by atoms with Crippen LogP contribution >= 0.6 is 27.5 Å². The van der Waals surface area contributed by atoms with Crippen molar-refractivity contribution in [1.29, 1.82) is 0 Å². The van der Waals surface area contributed by atoms with Gasteiger partial charge in [-0.3, -0.25) is 0 Å². The Hall–Kier alpha value is -1.20. The lowest BCUT2D eigenvalue weighted by Crippen LogP contribution is -2.01. The highest BCUT2D eigenvalue weighted by Crippen LogP contribution is 2.30. The van der Waals surface area contributed by atoms with Gasteiger partial charge < -0.3 is 5.11 Å². The first-order valence-corrected chi connectivity index (χ1v) is 5.35. The molecule has 0 radical (unpaired) electrons. The lowest BCUT2D eigenvalue weighted by molar-refractivity contribution is 0.0691. The molecule has 0 aliphatic carbocycles. The number of pyridine rings is 1. The molecule has 1 N–H and O–H groups in total. The number of carbonyl (C=O) groups is 1. The van der Waals surface area contributed by atoms with Crippen LogP contribution in [0.4, 0.5) is 4.39 Å². The van der Waals surface area contributed by atoms with E-state index in [0.717, 1.165) is 6.07 Å². The fourth-order valence-electron chi connectivity index (χ4n) is 1.33. The quantitative estimate of drug-likeness (QED) is 0.877. The molecular weight excluding hydrogens is 300 g/mol. The maximum atomic E-state index is 13.5. The van der Waals surface area contributed by atoms with Gasteiger partial charge in [-0.15, -0.1) is 0 Å². The largest absolute Gasteiger partial charge is 0.477 e. The first kappa shape index (κ1) is 11.3. The Morgan fingerprint density at radius 2 is 2.19 bits per heavy atom. The third-order valence-electron chi connectivity index (χ3n) is 2.03. The fourth-order valence-corrected chi connectivity index (χ4v) is 2.03. The zero-order chi connectivity index (χ0) is 11.9. The highest BCUT2D eigenvalue weighted by atomic mass is 79.9. The van der Waals surface area contributed by atoms with Crippen molar-refractivity contribution >= 4 is 44.4 Å². The highest BCUT2D eigenvalue weighted by molar-refractivity contribution is 9.10. The summed E-state index contributed by atoms with van der Waals surface area (Å²) in [6, 6.07) is 3.81. The smallest absolute Gasteiger partial charge is 0.354 e. The standard InChI is InChI=1S/C10H4BrClFNO2/c11-4-1-2-6(13)8-5(12)3-7(10(15)16)14-9(4)8/h1-3H,(H,15,16). The van der Waals surface area contributed by atoms with Crippen LogP contribution in [0.15, 0.2) is 22.7 Å². The molecule has 0 saturated carbocycles. The number of hydrogen-bond acceptors (Lipinski definition) is 2. The molecule has 82 valence electrons. The molecule has 0 bridgehead atoms. The number of carboxylic acids is 1. The molecule has 0 amide bonds. The molecule has 3 nitrogen and oxygen atoms in total. The van der Waals surface area contributed by atoms with Crippen LogP contribution in [-0.4, -0.2) is 16.1 Å². The van der Waals surface area contributed by atoms with E-state index in [1.807, 2.05) is 0 Å². The minimum Gasteiger partial charge on any atom is -0.477 e. The van der Waals surface area contributed by atoms with E-state index in [1.165, 1.54) is 12.1 Å². The van der Waals surface area contributed by atoms with Gasteiger partial charge in [-0.25, -0.2) is 14.2 Å². The summed E-state index contributed by atoms with van der Waals surface area (Å²) >= 11 is 8.99. The second-order valence-electron chi connectivity index (χ2n) is 3.05. The molecule has 1 aromatic heterocycles. The van der Waals surface area contributed by atoms with Crippen LogP contribution in [0.2, 0.25) is 5.02 Å². The first-order valence-electron chi connectivity index (χ1n) is 4.18. The summed E-state index contributed by atoms with van der Waals surface area (Å²) in [5.41, 5.74) is -0.0197. The Balaban J connectivity index is 2.92. The number of aromatic nitrogens is 1. The predicted molar refractivity (Wildman–Crippen MR) is 61.4 cm³/mol. The third kappa shape index (κ3) is 1.76. The van der Waals surface area contributed by atoms with Gasteiger partial charge in [0.25, 0.3) is 0 Å². The molecular formula is C10H4BrClFNO2. The number of benzene rings is 1. The number of rotatable bonds is 1. The van der Waals surface area contributed by atoms with Crippen molar-refractivity contribution in [3.8, 4) is 0 Å². The van der Waals surface area contributed by atoms with Crippen LogP contribution < -0.4 is 0 Å². The minimum atomic E-state index is -1.21. The van der Waals surface area contributed by atoms with Crippen LogP contribution in [0.5, 0.6) is 0 Å². The van der Waals surface area contributed by atoms with Crippen molar-refractivity contribution in [3.63, 3.8) is 0 Å². The van der Waals surface area contributed by atoms with E-state index in [2.05, 4.69) is 20.9 Å². The minimum absolute atomic E-state index is 0.0289. The molecule has 0 fully saturated rings. The topological polar surface area (TPSA) is 50.2 Å². The van der Waals surface area contributed by atoms with Crippen molar-refractivity contribution in [1.82, 2.24) is 4.98 Å². The number of hydrogen-bond donors (Lipinski definition) is 1. The molecule has 6 heteroatoms. The molecule has 1 aromatic carbocycles. The molecule has 0 aliphatic heterocycles. The normalized spacial score (nSPS) is 10.7. The Morgan fingerprint density at radius 1 is 1.50 bits per heavy atom. The van der Waals surface area contributed by atoms with Crippen molar-refractivity contribution in [2.45, 2.75) is 0 Å². The maximum Gasteiger partial charge on any atom is 0.354 e. The number of fused-ring (bicyclic) bond motifs is 1. The van der Waals surface area contributed by atoms with E-state index in [1.54, 1.807) is 0 Å². The van der Waals surface area contributed by atoms with Crippen molar-refractivity contribution in [2.24, 2.45) is 0 Å². The molecule has 0 unspecified atom stereocenters. The second-order valence-corrected chi connectivity index (χ2v) is 4.31. The number of aromatic carboxylic acids is 1. The van der Waals surface area contributed by atoms with Crippen LogP contribution in [0, 0.1) is 5.82 Å². The molecule has 2 aromatic rings. The predicted octanol–water partition coefficient (Wildman–Crippen LogP) is 3.49. The van der Waals surface area contributed by atoms with E-state index in [0.29, 0.717) is 4.47 Å². The Morgan fingerprint density at radius 3 is 2.81 bits per heavy atom. The van der Waals surface area contributed by atoms with Crippen LogP contribution in [-0.2, 0) is 0 Å². The summed E-state index contributed by atoms with van der Waals surface area (Å²) < 4.78 is 14.0. The van der Waals surface area contributed by atoms with Gasteiger partial charge >= 0.3 is 5.97 Å². The zero-order valence-electron chi connectivity index (χ0n) is 7.67. The molecule has 0 saturated heterocycles. The first-order chi connectivity index (χ1) is 7.50. The Bertz CT molecular complexity index is 603. The summed E-state index contributed by atoms with van der Waals surface area (Å²) in [6.07, 6.45) is 0. The van der Waals surface area contributed by atoms with Gasteiger partial charge in [0, 0.05) is 4.47 Å². The fraction of sp³-hybridized carbons (Fsp3) is 0. The summed E-state index contributed by atoms with van der Waals surface area (Å²) in [6.45, 7) is 0. The average molecular weight is 305 g/mol. The van der Waals surface area contributed by atoms with E-state index in [4.69, 9.17) is 16.7 Å². The van der Waals surface area contributed by atoms with Crippen LogP contribution in [0.25, 0.3) is 10.9 Å². The number of carboxylic acid groups (broad SMARTS) is 1. The van der Waals surface area contributed by atoms with Crippen molar-refractivity contribution < 1.29 is 14.3 Å². The SMILES string of the molecule is O=C(O)c1cc(Cl)c2c(F)ccc(Br)c2n1. The molecule has 1 heterocycles. The molecule has 0 atom stereocenters. The lowest BCUT2D eigenvalue weighted by atomic mass is 10.2. The Labute approximate surface area is 103 Å². The van der Waals surface area contributed by atoms with Gasteiger partial charge in [0.2, 0.25) is 0 Å². The maximum absolute atomic E-state index is 13.5. The molecule has 0 spiro atoms. The highest BCUT2D eigenvalue weighted by Gasteiger charge is 2.14. The van der Waals surface area contributed by atoms with E-state index in [9.17, 15) is 9.18 Å². The lowest BCUT2D eigenvalue weighted by Gasteiger charge is -2.05. The Kier molecular flexibility index (Phi) is 2.82.